The van der Waals surface area contributed by atoms with Crippen LogP contribution in [0.4, 0.5) is 0 Å². The number of nitrogens with one attached hydrogen (secondary N) is 1. The van der Waals surface area contributed by atoms with Crippen molar-refractivity contribution in [3.8, 4) is 5.75 Å². The molecule has 0 bridgehead atoms. The molecule has 0 aliphatic heterocycles. The van der Waals surface area contributed by atoms with Gasteiger partial charge in [-0.05, 0) is 48.7 Å². The number of carbonyl (C=O) groups is 1. The van der Waals surface area contributed by atoms with Crippen LogP contribution < -0.4 is 10.1 Å². The highest BCUT2D eigenvalue weighted by molar-refractivity contribution is 6.24. The van der Waals surface area contributed by atoms with Gasteiger partial charge in [-0.2, -0.15) is 0 Å². The molecular formula is C25H25NO2. The van der Waals surface area contributed by atoms with Crippen LogP contribution in [0.15, 0.2) is 78.9 Å². The van der Waals surface area contributed by atoms with Crippen molar-refractivity contribution in [3.05, 3.63) is 101 Å². The van der Waals surface area contributed by atoms with Gasteiger partial charge in [0.2, 0.25) is 0 Å². The zero-order chi connectivity index (χ0) is 19.9. The van der Waals surface area contributed by atoms with Crippen molar-refractivity contribution in [2.75, 3.05) is 7.11 Å². The molecule has 0 fully saturated rings. The quantitative estimate of drug-likeness (QED) is 0.464. The SMILES string of the molecule is COc1ccc(/C=C(/C(=O)N[C@@H](C)c2ccc(C)cc2)c2ccccc2)cc1. The smallest absolute Gasteiger partial charge is 0.252 e. The summed E-state index contributed by atoms with van der Waals surface area (Å²) in [5, 5.41) is 3.13. The molecule has 28 heavy (non-hydrogen) atoms. The first-order valence-electron chi connectivity index (χ1n) is 9.35. The van der Waals surface area contributed by atoms with Crippen molar-refractivity contribution in [2.24, 2.45) is 0 Å². The summed E-state index contributed by atoms with van der Waals surface area (Å²) < 4.78 is 5.22. The van der Waals surface area contributed by atoms with Crippen LogP contribution in [0.3, 0.4) is 0 Å². The molecule has 3 aromatic rings. The number of aryl methyl sites for hydroxylation is 1. The molecule has 0 saturated carbocycles. The molecule has 0 aliphatic rings. The van der Waals surface area contributed by atoms with E-state index < -0.39 is 0 Å². The maximum absolute atomic E-state index is 13.1. The molecule has 0 unspecified atom stereocenters. The Bertz CT molecular complexity index is 942. The van der Waals surface area contributed by atoms with Gasteiger partial charge in [-0.15, -0.1) is 0 Å². The monoisotopic (exact) mass is 371 g/mol. The summed E-state index contributed by atoms with van der Waals surface area (Å²) in [7, 11) is 1.64. The third kappa shape index (κ3) is 4.89. The first kappa shape index (κ1) is 19.4. The van der Waals surface area contributed by atoms with Gasteiger partial charge in [0, 0.05) is 5.57 Å². The van der Waals surface area contributed by atoms with Crippen molar-refractivity contribution in [2.45, 2.75) is 19.9 Å². The van der Waals surface area contributed by atoms with Gasteiger partial charge in [0.15, 0.2) is 0 Å². The topological polar surface area (TPSA) is 38.3 Å². The number of benzene rings is 3. The van der Waals surface area contributed by atoms with E-state index in [-0.39, 0.29) is 11.9 Å². The minimum absolute atomic E-state index is 0.0870. The molecule has 3 rings (SSSR count). The molecule has 3 nitrogen and oxygen atoms in total. The second-order valence-corrected chi connectivity index (χ2v) is 6.80. The largest absolute Gasteiger partial charge is 0.497 e. The van der Waals surface area contributed by atoms with E-state index in [0.29, 0.717) is 5.57 Å². The predicted molar refractivity (Wildman–Crippen MR) is 115 cm³/mol. The van der Waals surface area contributed by atoms with E-state index in [4.69, 9.17) is 4.74 Å². The summed E-state index contributed by atoms with van der Waals surface area (Å²) in [6.07, 6.45) is 1.91. The Morgan fingerprint density at radius 2 is 1.57 bits per heavy atom. The van der Waals surface area contributed by atoms with Gasteiger partial charge in [0.25, 0.3) is 5.91 Å². The minimum Gasteiger partial charge on any atom is -0.497 e. The van der Waals surface area contributed by atoms with Gasteiger partial charge in [-0.3, -0.25) is 4.79 Å². The molecule has 142 valence electrons. The molecule has 3 heteroatoms. The van der Waals surface area contributed by atoms with Crippen LogP contribution in [-0.2, 0) is 4.79 Å². The molecule has 0 radical (unpaired) electrons. The Morgan fingerprint density at radius 1 is 0.929 bits per heavy atom. The maximum atomic E-state index is 13.1. The van der Waals surface area contributed by atoms with Crippen LogP contribution in [0, 0.1) is 6.92 Å². The normalized spacial score (nSPS) is 12.3. The molecular weight excluding hydrogens is 346 g/mol. The fourth-order valence-electron chi connectivity index (χ4n) is 2.98. The van der Waals surface area contributed by atoms with E-state index in [2.05, 4.69) is 36.5 Å². The summed E-state index contributed by atoms with van der Waals surface area (Å²) in [6.45, 7) is 4.05. The van der Waals surface area contributed by atoms with Crippen molar-refractivity contribution in [1.82, 2.24) is 5.32 Å². The molecule has 1 atom stereocenters. The molecule has 0 heterocycles. The maximum Gasteiger partial charge on any atom is 0.252 e. The minimum atomic E-state index is -0.102. The Hall–Kier alpha value is -3.33. The average molecular weight is 371 g/mol. The lowest BCUT2D eigenvalue weighted by Gasteiger charge is -2.16. The van der Waals surface area contributed by atoms with Crippen LogP contribution in [0.1, 0.15) is 35.2 Å². The fraction of sp³-hybridized carbons (Fsp3) is 0.160. The van der Waals surface area contributed by atoms with E-state index in [1.54, 1.807) is 7.11 Å². The highest BCUT2D eigenvalue weighted by Crippen LogP contribution is 2.22. The number of amides is 1. The van der Waals surface area contributed by atoms with E-state index in [9.17, 15) is 4.79 Å². The number of ether oxygens (including phenoxy) is 1. The summed E-state index contributed by atoms with van der Waals surface area (Å²) in [5.41, 5.74) is 4.73. The Balaban J connectivity index is 1.88. The average Bonchev–Trinajstić information content (AvgIpc) is 2.73. The van der Waals surface area contributed by atoms with E-state index in [0.717, 1.165) is 22.4 Å². The lowest BCUT2D eigenvalue weighted by atomic mass is 10.0. The van der Waals surface area contributed by atoms with Gasteiger partial charge in [0.1, 0.15) is 5.75 Å². The highest BCUT2D eigenvalue weighted by atomic mass is 16.5. The lowest BCUT2D eigenvalue weighted by Crippen LogP contribution is -2.27. The van der Waals surface area contributed by atoms with Crippen LogP contribution in [0.5, 0.6) is 5.75 Å². The van der Waals surface area contributed by atoms with Gasteiger partial charge in [-0.25, -0.2) is 0 Å². The van der Waals surface area contributed by atoms with Gasteiger partial charge >= 0.3 is 0 Å². The molecule has 0 aliphatic carbocycles. The molecule has 1 amide bonds. The highest BCUT2D eigenvalue weighted by Gasteiger charge is 2.15. The van der Waals surface area contributed by atoms with Crippen LogP contribution in [0.25, 0.3) is 11.6 Å². The summed E-state index contributed by atoms with van der Waals surface area (Å²) in [5.74, 6) is 0.686. The van der Waals surface area contributed by atoms with Crippen molar-refractivity contribution >= 4 is 17.6 Å². The second-order valence-electron chi connectivity index (χ2n) is 6.80. The molecule has 1 N–H and O–H groups in total. The number of methoxy groups -OCH3 is 1. The van der Waals surface area contributed by atoms with E-state index in [1.165, 1.54) is 5.56 Å². The number of hydrogen-bond acceptors (Lipinski definition) is 2. The van der Waals surface area contributed by atoms with Crippen LogP contribution >= 0.6 is 0 Å². The van der Waals surface area contributed by atoms with Gasteiger partial charge in [-0.1, -0.05) is 72.3 Å². The third-order valence-corrected chi connectivity index (χ3v) is 4.68. The van der Waals surface area contributed by atoms with Crippen LogP contribution in [-0.4, -0.2) is 13.0 Å². The predicted octanol–water partition coefficient (Wildman–Crippen LogP) is 5.42. The summed E-state index contributed by atoms with van der Waals surface area (Å²) in [4.78, 5) is 13.1. The van der Waals surface area contributed by atoms with Gasteiger partial charge < -0.3 is 10.1 Å². The first-order valence-corrected chi connectivity index (χ1v) is 9.35. The van der Waals surface area contributed by atoms with Crippen LogP contribution in [0.2, 0.25) is 0 Å². The standard InChI is InChI=1S/C25H25NO2/c1-18-9-13-21(14-10-18)19(2)26-25(27)24(22-7-5-4-6-8-22)17-20-11-15-23(28-3)16-12-20/h4-17,19H,1-3H3,(H,26,27)/b24-17+/t19-/m0/s1. The Morgan fingerprint density at radius 3 is 2.18 bits per heavy atom. The molecule has 0 saturated heterocycles. The number of hydrogen-bond donors (Lipinski definition) is 1. The Labute approximate surface area is 166 Å². The zero-order valence-corrected chi connectivity index (χ0v) is 16.5. The zero-order valence-electron chi connectivity index (χ0n) is 16.5. The molecule has 0 spiro atoms. The second kappa shape index (κ2) is 9.05. The van der Waals surface area contributed by atoms with Gasteiger partial charge in [0.05, 0.1) is 13.2 Å². The number of carbonyl (C=O) groups excluding carboxylic acids is 1. The number of rotatable bonds is 6. The Kier molecular flexibility index (Phi) is 6.28. The van der Waals surface area contributed by atoms with Crippen molar-refractivity contribution in [1.29, 1.82) is 0 Å². The summed E-state index contributed by atoms with van der Waals surface area (Å²) in [6, 6.07) is 25.5. The van der Waals surface area contributed by atoms with E-state index in [1.807, 2.05) is 67.6 Å². The van der Waals surface area contributed by atoms with E-state index >= 15 is 0 Å². The van der Waals surface area contributed by atoms with Crippen molar-refractivity contribution in [3.63, 3.8) is 0 Å². The molecule has 3 aromatic carbocycles. The summed E-state index contributed by atoms with van der Waals surface area (Å²) >= 11 is 0. The fourth-order valence-corrected chi connectivity index (χ4v) is 2.98. The molecule has 0 aromatic heterocycles. The third-order valence-electron chi connectivity index (χ3n) is 4.68. The van der Waals surface area contributed by atoms with Crippen molar-refractivity contribution < 1.29 is 9.53 Å². The lowest BCUT2D eigenvalue weighted by molar-refractivity contribution is -0.116. The first-order chi connectivity index (χ1) is 13.6.